The number of phenols is 1. The lowest BCUT2D eigenvalue weighted by Gasteiger charge is -2.35. The number of fused-ring (bicyclic) bond motifs is 3. The minimum Gasteiger partial charge on any atom is -0.508 e. The van der Waals surface area contributed by atoms with E-state index >= 15 is 4.39 Å². The van der Waals surface area contributed by atoms with Gasteiger partial charge >= 0.3 is 6.01 Å². The second-order valence-corrected chi connectivity index (χ2v) is 11.6. The third-order valence-corrected chi connectivity index (χ3v) is 9.25. The van der Waals surface area contributed by atoms with Crippen LogP contribution in [0.15, 0.2) is 42.6 Å². The minimum absolute atomic E-state index is 0.0505. The maximum Gasteiger partial charge on any atom is 0.317 e. The highest BCUT2D eigenvalue weighted by Crippen LogP contribution is 2.40. The average Bonchev–Trinajstić information content (AvgIpc) is 3.50. The van der Waals surface area contributed by atoms with E-state index in [4.69, 9.17) is 9.72 Å². The fraction of sp³-hybridized carbons (Fsp3) is 0.452. The van der Waals surface area contributed by atoms with Crippen LogP contribution in [0.5, 0.6) is 11.8 Å². The maximum atomic E-state index is 16.4. The van der Waals surface area contributed by atoms with Gasteiger partial charge < -0.3 is 15.2 Å². The zero-order chi connectivity index (χ0) is 26.6. The minimum atomic E-state index is -0.514. The molecule has 202 valence electrons. The van der Waals surface area contributed by atoms with Crippen molar-refractivity contribution in [3.8, 4) is 23.0 Å². The van der Waals surface area contributed by atoms with Crippen molar-refractivity contribution >= 4 is 21.7 Å². The molecule has 1 saturated carbocycles. The fourth-order valence-corrected chi connectivity index (χ4v) is 7.06. The van der Waals surface area contributed by atoms with Crippen molar-refractivity contribution in [1.82, 2.24) is 25.2 Å². The topological polar surface area (TPSA) is 83.4 Å². The number of aromatic hydroxyl groups is 1. The van der Waals surface area contributed by atoms with Gasteiger partial charge in [0.05, 0.1) is 11.2 Å². The molecule has 1 aliphatic carbocycles. The number of ether oxygens (including phenoxy) is 1. The molecular formula is C31H34FN5O2. The van der Waals surface area contributed by atoms with Crippen LogP contribution in [0.25, 0.3) is 32.9 Å². The number of benzene rings is 2. The molecule has 2 aliphatic heterocycles. The van der Waals surface area contributed by atoms with Crippen LogP contribution < -0.4 is 10.1 Å². The van der Waals surface area contributed by atoms with Gasteiger partial charge in [0.1, 0.15) is 23.6 Å². The van der Waals surface area contributed by atoms with Gasteiger partial charge in [0.2, 0.25) is 0 Å². The molecule has 7 nitrogen and oxygen atoms in total. The second-order valence-electron chi connectivity index (χ2n) is 11.6. The van der Waals surface area contributed by atoms with Crippen LogP contribution in [0.3, 0.4) is 0 Å². The van der Waals surface area contributed by atoms with Gasteiger partial charge in [-0.15, -0.1) is 0 Å². The summed E-state index contributed by atoms with van der Waals surface area (Å²) >= 11 is 0. The summed E-state index contributed by atoms with van der Waals surface area (Å²) in [6.07, 6.45) is 9.17. The predicted molar refractivity (Wildman–Crippen MR) is 149 cm³/mol. The first kappa shape index (κ1) is 24.7. The van der Waals surface area contributed by atoms with Gasteiger partial charge in [-0.3, -0.25) is 9.88 Å². The van der Waals surface area contributed by atoms with Crippen LogP contribution in [0.2, 0.25) is 0 Å². The lowest BCUT2D eigenvalue weighted by molar-refractivity contribution is 0.107. The van der Waals surface area contributed by atoms with E-state index in [0.717, 1.165) is 61.7 Å². The van der Waals surface area contributed by atoms with Crippen molar-refractivity contribution in [3.05, 3.63) is 54.1 Å². The molecule has 0 bridgehead atoms. The molecule has 3 aliphatic rings. The van der Waals surface area contributed by atoms with Crippen LogP contribution in [-0.2, 0) is 6.42 Å². The second kappa shape index (κ2) is 9.68. The molecule has 8 heteroatoms. The highest BCUT2D eigenvalue weighted by molar-refractivity contribution is 5.98. The Morgan fingerprint density at radius 1 is 1.10 bits per heavy atom. The molecule has 0 unspecified atom stereocenters. The SMILES string of the molecule is CNC1CC(Cc2nc(OCC34CCCN3CCC4)nc3c(F)c(-c4cc(O)cc5ccccc45)ncc23)C1. The molecule has 2 N–H and O–H groups in total. The summed E-state index contributed by atoms with van der Waals surface area (Å²) in [4.78, 5) is 16.6. The Kier molecular flexibility index (Phi) is 6.12. The maximum absolute atomic E-state index is 16.4. The standard InChI is InChI=1S/C31H34FN5O2/c1-33-21-12-19(13-21)14-26-25-17-34-28(24-16-22(38)15-20-6-2-3-7-23(20)24)27(32)29(25)36-30(35-26)39-18-31-8-4-10-37(31)11-5-9-31/h2-3,6-7,15-17,19,21,33,38H,4-5,8-14,18H2,1H3. The fourth-order valence-electron chi connectivity index (χ4n) is 7.06. The van der Waals surface area contributed by atoms with Crippen LogP contribution in [-0.4, -0.2) is 63.3 Å². The van der Waals surface area contributed by atoms with Gasteiger partial charge in [-0.2, -0.15) is 9.97 Å². The molecule has 39 heavy (non-hydrogen) atoms. The number of rotatable bonds is 7. The summed E-state index contributed by atoms with van der Waals surface area (Å²) in [5.41, 5.74) is 1.77. The number of phenolic OH excluding ortho intramolecular Hbond substituents is 1. The number of nitrogens with zero attached hydrogens (tertiary/aromatic N) is 4. The van der Waals surface area contributed by atoms with Gasteiger partial charge in [0.25, 0.3) is 0 Å². The normalized spacial score (nSPS) is 22.3. The Bertz CT molecular complexity index is 1540. The monoisotopic (exact) mass is 527 g/mol. The van der Waals surface area contributed by atoms with Gasteiger partial charge in [0.15, 0.2) is 5.82 Å². The third kappa shape index (κ3) is 4.30. The Labute approximate surface area is 227 Å². The summed E-state index contributed by atoms with van der Waals surface area (Å²) < 4.78 is 22.7. The first-order valence-electron chi connectivity index (χ1n) is 14.2. The highest BCUT2D eigenvalue weighted by Gasteiger charge is 2.45. The average molecular weight is 528 g/mol. The molecule has 4 aromatic rings. The van der Waals surface area contributed by atoms with Crippen molar-refractivity contribution in [2.45, 2.75) is 56.5 Å². The number of pyridine rings is 1. The number of hydrogen-bond acceptors (Lipinski definition) is 7. The first-order valence-corrected chi connectivity index (χ1v) is 14.2. The Hall–Kier alpha value is -3.36. The zero-order valence-electron chi connectivity index (χ0n) is 22.3. The number of halogens is 1. The Morgan fingerprint density at radius 3 is 2.69 bits per heavy atom. The van der Waals surface area contributed by atoms with E-state index in [1.165, 1.54) is 12.8 Å². The van der Waals surface area contributed by atoms with Crippen LogP contribution >= 0.6 is 0 Å². The molecule has 2 aromatic carbocycles. The Balaban J connectivity index is 1.30. The first-order chi connectivity index (χ1) is 19.0. The van der Waals surface area contributed by atoms with Gasteiger partial charge in [-0.1, -0.05) is 24.3 Å². The van der Waals surface area contributed by atoms with Gasteiger partial charge in [0, 0.05) is 23.2 Å². The van der Waals surface area contributed by atoms with Crippen molar-refractivity contribution in [3.63, 3.8) is 0 Å². The van der Waals surface area contributed by atoms with Crippen LogP contribution in [0, 0.1) is 11.7 Å². The molecule has 2 saturated heterocycles. The lowest BCUT2D eigenvalue weighted by atomic mass is 9.77. The summed E-state index contributed by atoms with van der Waals surface area (Å²) in [5.74, 6) is 0.0308. The van der Waals surface area contributed by atoms with E-state index in [9.17, 15) is 5.11 Å². The van der Waals surface area contributed by atoms with E-state index in [0.29, 0.717) is 29.5 Å². The molecule has 3 fully saturated rings. The summed E-state index contributed by atoms with van der Waals surface area (Å²) in [5, 5.41) is 16.0. The van der Waals surface area contributed by atoms with E-state index in [-0.39, 0.29) is 28.5 Å². The van der Waals surface area contributed by atoms with Crippen molar-refractivity contribution < 1.29 is 14.2 Å². The molecule has 2 aromatic heterocycles. The Morgan fingerprint density at radius 2 is 1.90 bits per heavy atom. The van der Waals surface area contributed by atoms with Crippen molar-refractivity contribution in [2.75, 3.05) is 26.7 Å². The van der Waals surface area contributed by atoms with Crippen LogP contribution in [0.4, 0.5) is 4.39 Å². The quantitative estimate of drug-likeness (QED) is 0.340. The van der Waals surface area contributed by atoms with Crippen molar-refractivity contribution in [1.29, 1.82) is 0 Å². The number of nitrogens with one attached hydrogen (secondary N) is 1. The summed E-state index contributed by atoms with van der Waals surface area (Å²) in [6, 6.07) is 11.6. The third-order valence-electron chi connectivity index (χ3n) is 9.25. The zero-order valence-corrected chi connectivity index (χ0v) is 22.3. The molecule has 4 heterocycles. The van der Waals surface area contributed by atoms with E-state index < -0.39 is 5.82 Å². The highest BCUT2D eigenvalue weighted by atomic mass is 19.1. The predicted octanol–water partition coefficient (Wildman–Crippen LogP) is 5.24. The van der Waals surface area contributed by atoms with Crippen molar-refractivity contribution in [2.24, 2.45) is 5.92 Å². The molecule has 0 amide bonds. The van der Waals surface area contributed by atoms with E-state index in [1.54, 1.807) is 18.3 Å². The smallest absolute Gasteiger partial charge is 0.317 e. The summed E-state index contributed by atoms with van der Waals surface area (Å²) in [7, 11) is 1.99. The molecule has 0 radical (unpaired) electrons. The molecule has 0 spiro atoms. The number of hydrogen-bond donors (Lipinski definition) is 2. The van der Waals surface area contributed by atoms with E-state index in [2.05, 4.69) is 20.2 Å². The van der Waals surface area contributed by atoms with Gasteiger partial charge in [-0.25, -0.2) is 4.39 Å². The van der Waals surface area contributed by atoms with Crippen LogP contribution in [0.1, 0.15) is 44.2 Å². The van der Waals surface area contributed by atoms with E-state index in [1.807, 2.05) is 31.3 Å². The molecule has 0 atom stereocenters. The lowest BCUT2D eigenvalue weighted by Crippen LogP contribution is -2.43. The van der Waals surface area contributed by atoms with Gasteiger partial charge in [-0.05, 0) is 93.9 Å². The number of aromatic nitrogens is 3. The molecule has 7 rings (SSSR count). The largest absolute Gasteiger partial charge is 0.508 e. The molecular weight excluding hydrogens is 493 g/mol. The summed E-state index contributed by atoms with van der Waals surface area (Å²) in [6.45, 7) is 2.76.